The van der Waals surface area contributed by atoms with Crippen LogP contribution in [0.15, 0.2) is 0 Å². The summed E-state index contributed by atoms with van der Waals surface area (Å²) in [7, 11) is 5.24. The Balaban J connectivity index is 2.92. The third-order valence-corrected chi connectivity index (χ3v) is 0.699. The van der Waals surface area contributed by atoms with Gasteiger partial charge in [0, 0.05) is 14.2 Å². The molecule has 0 saturated heterocycles. The molecule has 0 aliphatic rings. The molecule has 0 aromatic heterocycles. The van der Waals surface area contributed by atoms with Crippen molar-refractivity contribution in [3.05, 3.63) is 0 Å². The Hall–Kier alpha value is -0.120. The zero-order chi connectivity index (χ0) is 6.41. The standard InChI is InChI=1S/C5H13NO2/c1-6(4-7-2)5-8-3/h4-5H2,1-3H3. The van der Waals surface area contributed by atoms with Crippen molar-refractivity contribution in [2.75, 3.05) is 34.7 Å². The summed E-state index contributed by atoms with van der Waals surface area (Å²) in [5.74, 6) is 0. The lowest BCUT2D eigenvalue weighted by atomic mass is 10.9. The molecule has 0 saturated carbocycles. The van der Waals surface area contributed by atoms with Gasteiger partial charge in [0.1, 0.15) is 13.5 Å². The lowest BCUT2D eigenvalue weighted by Gasteiger charge is -2.12. The molecule has 0 bridgehead atoms. The molecule has 0 heterocycles. The summed E-state index contributed by atoms with van der Waals surface area (Å²) in [5.41, 5.74) is 0. The Morgan fingerprint density at radius 3 is 1.75 bits per heavy atom. The van der Waals surface area contributed by atoms with Gasteiger partial charge in [-0.05, 0) is 7.05 Å². The van der Waals surface area contributed by atoms with Gasteiger partial charge in [0.15, 0.2) is 0 Å². The zero-order valence-corrected chi connectivity index (χ0v) is 5.68. The third kappa shape index (κ3) is 4.05. The van der Waals surface area contributed by atoms with Crippen LogP contribution in [-0.4, -0.2) is 39.6 Å². The van der Waals surface area contributed by atoms with Crippen LogP contribution in [0.2, 0.25) is 0 Å². The van der Waals surface area contributed by atoms with Crippen molar-refractivity contribution in [2.45, 2.75) is 0 Å². The monoisotopic (exact) mass is 119 g/mol. The first-order valence-electron chi connectivity index (χ1n) is 2.47. The number of hydrogen-bond acceptors (Lipinski definition) is 3. The van der Waals surface area contributed by atoms with Crippen molar-refractivity contribution in [3.63, 3.8) is 0 Å². The van der Waals surface area contributed by atoms with E-state index in [1.54, 1.807) is 14.2 Å². The molecule has 0 aromatic carbocycles. The zero-order valence-electron chi connectivity index (χ0n) is 5.68. The largest absolute Gasteiger partial charge is 0.369 e. The summed E-state index contributed by atoms with van der Waals surface area (Å²) in [5, 5.41) is 0. The molecule has 0 fully saturated rings. The average Bonchev–Trinajstić information content (AvgIpc) is 1.68. The molecule has 8 heavy (non-hydrogen) atoms. The van der Waals surface area contributed by atoms with Gasteiger partial charge in [0.25, 0.3) is 0 Å². The van der Waals surface area contributed by atoms with Crippen LogP contribution in [-0.2, 0) is 9.47 Å². The lowest BCUT2D eigenvalue weighted by Crippen LogP contribution is -2.22. The van der Waals surface area contributed by atoms with E-state index in [0.717, 1.165) is 0 Å². The van der Waals surface area contributed by atoms with Crippen molar-refractivity contribution in [1.29, 1.82) is 0 Å². The van der Waals surface area contributed by atoms with E-state index in [4.69, 9.17) is 9.47 Å². The van der Waals surface area contributed by atoms with Crippen molar-refractivity contribution >= 4 is 0 Å². The molecule has 50 valence electrons. The second-order valence-corrected chi connectivity index (χ2v) is 1.69. The first-order chi connectivity index (χ1) is 3.81. The van der Waals surface area contributed by atoms with E-state index in [1.807, 2.05) is 11.9 Å². The molecule has 0 rings (SSSR count). The Kier molecular flexibility index (Phi) is 4.95. The molecule has 0 aliphatic carbocycles. The van der Waals surface area contributed by atoms with Crippen LogP contribution in [0.25, 0.3) is 0 Å². The predicted octanol–water partition coefficient (Wildman–Crippen LogP) is 0.126. The second-order valence-electron chi connectivity index (χ2n) is 1.69. The molecule has 0 radical (unpaired) electrons. The van der Waals surface area contributed by atoms with Gasteiger partial charge >= 0.3 is 0 Å². The van der Waals surface area contributed by atoms with E-state index in [2.05, 4.69) is 0 Å². The Labute approximate surface area is 50.2 Å². The third-order valence-electron chi connectivity index (χ3n) is 0.699. The van der Waals surface area contributed by atoms with Gasteiger partial charge in [-0.15, -0.1) is 0 Å². The number of rotatable bonds is 4. The van der Waals surface area contributed by atoms with Crippen LogP contribution in [0.5, 0.6) is 0 Å². The summed E-state index contributed by atoms with van der Waals surface area (Å²) in [4.78, 5) is 1.92. The van der Waals surface area contributed by atoms with Gasteiger partial charge in [0.05, 0.1) is 0 Å². The number of nitrogens with zero attached hydrogens (tertiary/aromatic N) is 1. The maximum Gasteiger partial charge on any atom is 0.100 e. The van der Waals surface area contributed by atoms with E-state index in [-0.39, 0.29) is 0 Å². The Bertz CT molecular complexity index is 43.7. The fourth-order valence-electron chi connectivity index (χ4n) is 0.478. The number of methoxy groups -OCH3 is 2. The van der Waals surface area contributed by atoms with Gasteiger partial charge in [-0.3, -0.25) is 4.90 Å². The van der Waals surface area contributed by atoms with E-state index in [9.17, 15) is 0 Å². The molecule has 0 unspecified atom stereocenters. The minimum absolute atomic E-state index is 0.619. The van der Waals surface area contributed by atoms with Gasteiger partial charge in [-0.1, -0.05) is 0 Å². The minimum atomic E-state index is 0.619. The van der Waals surface area contributed by atoms with Crippen LogP contribution in [0.3, 0.4) is 0 Å². The topological polar surface area (TPSA) is 21.7 Å². The summed E-state index contributed by atoms with van der Waals surface area (Å²) >= 11 is 0. The smallest absolute Gasteiger partial charge is 0.100 e. The molecule has 0 aliphatic heterocycles. The summed E-state index contributed by atoms with van der Waals surface area (Å²) in [6.07, 6.45) is 0. The summed E-state index contributed by atoms with van der Waals surface area (Å²) in [6, 6.07) is 0. The molecule has 0 atom stereocenters. The van der Waals surface area contributed by atoms with Crippen LogP contribution in [0, 0.1) is 0 Å². The van der Waals surface area contributed by atoms with E-state index in [0.29, 0.717) is 13.5 Å². The lowest BCUT2D eigenvalue weighted by molar-refractivity contribution is 0.00374. The van der Waals surface area contributed by atoms with Crippen LogP contribution >= 0.6 is 0 Å². The van der Waals surface area contributed by atoms with Crippen molar-refractivity contribution in [2.24, 2.45) is 0 Å². The minimum Gasteiger partial charge on any atom is -0.369 e. The normalized spacial score (nSPS) is 10.5. The molecule has 0 amide bonds. The van der Waals surface area contributed by atoms with Crippen LogP contribution in [0.4, 0.5) is 0 Å². The van der Waals surface area contributed by atoms with Gasteiger partial charge in [0.2, 0.25) is 0 Å². The first-order valence-corrected chi connectivity index (χ1v) is 2.47. The van der Waals surface area contributed by atoms with Crippen molar-refractivity contribution in [3.8, 4) is 0 Å². The summed E-state index contributed by atoms with van der Waals surface area (Å²) in [6.45, 7) is 1.24. The fourth-order valence-corrected chi connectivity index (χ4v) is 0.478. The fraction of sp³-hybridized carbons (Fsp3) is 1.00. The quantitative estimate of drug-likeness (QED) is 0.491. The highest BCUT2D eigenvalue weighted by atomic mass is 16.5. The SMILES string of the molecule is COCN(C)COC. The Morgan fingerprint density at radius 2 is 1.50 bits per heavy atom. The highest BCUT2D eigenvalue weighted by molar-refractivity contribution is 4.28. The number of ether oxygens (including phenoxy) is 2. The van der Waals surface area contributed by atoms with Gasteiger partial charge in [-0.2, -0.15) is 0 Å². The molecule has 0 aromatic rings. The molecule has 0 spiro atoms. The highest BCUT2D eigenvalue weighted by Crippen LogP contribution is 1.79. The van der Waals surface area contributed by atoms with E-state index in [1.165, 1.54) is 0 Å². The van der Waals surface area contributed by atoms with E-state index < -0.39 is 0 Å². The second kappa shape index (κ2) is 5.03. The molecule has 3 nitrogen and oxygen atoms in total. The predicted molar refractivity (Wildman–Crippen MR) is 31.5 cm³/mol. The maximum absolute atomic E-state index is 4.80. The first kappa shape index (κ1) is 7.88. The van der Waals surface area contributed by atoms with Crippen molar-refractivity contribution < 1.29 is 9.47 Å². The average molecular weight is 119 g/mol. The van der Waals surface area contributed by atoms with Gasteiger partial charge in [-0.25, -0.2) is 0 Å². The molecule has 0 N–H and O–H groups in total. The maximum atomic E-state index is 4.80. The Morgan fingerprint density at radius 1 is 1.12 bits per heavy atom. The molecule has 3 heteroatoms. The van der Waals surface area contributed by atoms with Gasteiger partial charge < -0.3 is 9.47 Å². The molecular formula is C5H13NO2. The highest BCUT2D eigenvalue weighted by Gasteiger charge is 1.90. The van der Waals surface area contributed by atoms with Crippen LogP contribution < -0.4 is 0 Å². The number of hydrogen-bond donors (Lipinski definition) is 0. The molecular weight excluding hydrogens is 106 g/mol. The summed E-state index contributed by atoms with van der Waals surface area (Å²) < 4.78 is 9.60. The van der Waals surface area contributed by atoms with Crippen molar-refractivity contribution in [1.82, 2.24) is 4.90 Å². The van der Waals surface area contributed by atoms with Crippen LogP contribution in [0.1, 0.15) is 0 Å². The van der Waals surface area contributed by atoms with E-state index >= 15 is 0 Å².